The summed E-state index contributed by atoms with van der Waals surface area (Å²) in [5.41, 5.74) is 1.31. The highest BCUT2D eigenvalue weighted by atomic mass is 35.5. The molecule has 0 aromatic heterocycles. The number of nitrogens with zero attached hydrogens (tertiary/aromatic N) is 2. The molecule has 1 aliphatic rings. The molecule has 5 nitrogen and oxygen atoms in total. The summed E-state index contributed by atoms with van der Waals surface area (Å²) in [4.78, 5) is 4.55. The van der Waals surface area contributed by atoms with Crippen LogP contribution in [-0.2, 0) is 10.0 Å². The van der Waals surface area contributed by atoms with E-state index in [9.17, 15) is 8.42 Å². The van der Waals surface area contributed by atoms with Crippen molar-refractivity contribution < 1.29 is 8.42 Å². The van der Waals surface area contributed by atoms with E-state index in [0.717, 1.165) is 44.7 Å². The lowest BCUT2D eigenvalue weighted by atomic mass is 10.1. The van der Waals surface area contributed by atoms with Gasteiger partial charge >= 0.3 is 0 Å². The van der Waals surface area contributed by atoms with Gasteiger partial charge in [0, 0.05) is 32.7 Å². The van der Waals surface area contributed by atoms with Crippen molar-refractivity contribution in [2.45, 2.75) is 13.8 Å². The van der Waals surface area contributed by atoms with E-state index >= 15 is 0 Å². The van der Waals surface area contributed by atoms with E-state index < -0.39 is 10.0 Å². The van der Waals surface area contributed by atoms with Crippen LogP contribution in [0.4, 0.5) is 11.4 Å². The maximum Gasteiger partial charge on any atom is 0.229 e. The van der Waals surface area contributed by atoms with Crippen molar-refractivity contribution >= 4 is 33.0 Å². The lowest BCUT2D eigenvalue weighted by molar-refractivity contribution is 0.267. The molecule has 0 aliphatic carbocycles. The van der Waals surface area contributed by atoms with E-state index in [-0.39, 0.29) is 0 Å². The molecule has 1 N–H and O–H groups in total. The summed E-state index contributed by atoms with van der Waals surface area (Å²) in [5, 5.41) is 0.570. The Kier molecular flexibility index (Phi) is 5.58. The predicted octanol–water partition coefficient (Wildman–Crippen LogP) is 2.45. The third-order valence-electron chi connectivity index (χ3n) is 3.51. The van der Waals surface area contributed by atoms with Crippen molar-refractivity contribution in [3.8, 4) is 0 Å². The summed E-state index contributed by atoms with van der Waals surface area (Å²) in [6.45, 7) is 8.81. The van der Waals surface area contributed by atoms with Crippen molar-refractivity contribution in [1.29, 1.82) is 0 Å². The van der Waals surface area contributed by atoms with Gasteiger partial charge in [-0.3, -0.25) is 9.62 Å². The molecule has 0 bridgehead atoms. The summed E-state index contributed by atoms with van der Waals surface area (Å²) < 4.78 is 25.6. The van der Waals surface area contributed by atoms with Crippen LogP contribution in [-0.4, -0.2) is 52.3 Å². The van der Waals surface area contributed by atoms with Gasteiger partial charge in [0.25, 0.3) is 0 Å². The highest BCUT2D eigenvalue weighted by Gasteiger charge is 2.22. The summed E-state index contributed by atoms with van der Waals surface area (Å²) >= 11 is 6.32. The van der Waals surface area contributed by atoms with Gasteiger partial charge in [-0.2, -0.15) is 0 Å². The van der Waals surface area contributed by atoms with E-state index in [0.29, 0.717) is 10.7 Å². The SMILES string of the molecule is C[C](C)CN1CCN(c2c(Cl)cccc2NS(C)(=O)=O)CC1. The molecule has 0 unspecified atom stereocenters. The maximum atomic E-state index is 11.5. The number of rotatable bonds is 5. The van der Waals surface area contributed by atoms with Gasteiger partial charge < -0.3 is 4.90 Å². The fourth-order valence-corrected chi connectivity index (χ4v) is 3.55. The molecule has 1 saturated heterocycles. The van der Waals surface area contributed by atoms with Crippen LogP contribution >= 0.6 is 11.6 Å². The molecule has 1 heterocycles. The van der Waals surface area contributed by atoms with Gasteiger partial charge in [0.05, 0.1) is 22.7 Å². The van der Waals surface area contributed by atoms with Crippen LogP contribution in [0, 0.1) is 5.92 Å². The normalized spacial score (nSPS) is 17.0. The standard InChI is InChI=1S/C15H23ClN3O2S/c1-12(2)11-18-7-9-19(10-8-18)15-13(16)5-4-6-14(15)17-22(3,20)21/h4-6,17H,7-11H2,1-3H3. The summed E-state index contributed by atoms with van der Waals surface area (Å²) in [6, 6.07) is 5.30. The Hall–Kier alpha value is -0.980. The van der Waals surface area contributed by atoms with Crippen LogP contribution in [0.5, 0.6) is 0 Å². The topological polar surface area (TPSA) is 52.6 Å². The van der Waals surface area contributed by atoms with E-state index in [1.165, 1.54) is 5.92 Å². The number of nitrogens with one attached hydrogen (secondary N) is 1. The van der Waals surface area contributed by atoms with Crippen LogP contribution in [0.25, 0.3) is 0 Å². The van der Waals surface area contributed by atoms with E-state index in [4.69, 9.17) is 11.6 Å². The molecule has 2 rings (SSSR count). The van der Waals surface area contributed by atoms with Gasteiger partial charge in [-0.05, 0) is 18.1 Å². The van der Waals surface area contributed by atoms with Crippen molar-refractivity contribution in [2.75, 3.05) is 48.6 Å². The third kappa shape index (κ3) is 4.76. The molecule has 1 aromatic rings. The number of para-hydroxylation sites is 1. The zero-order chi connectivity index (χ0) is 16.3. The molecule has 7 heteroatoms. The number of piperazine rings is 1. The molecule has 1 aliphatic heterocycles. The number of benzene rings is 1. The predicted molar refractivity (Wildman–Crippen MR) is 93.2 cm³/mol. The minimum atomic E-state index is -3.33. The molecule has 0 atom stereocenters. The summed E-state index contributed by atoms with van der Waals surface area (Å²) in [7, 11) is -3.33. The number of sulfonamides is 1. The fourth-order valence-electron chi connectivity index (χ4n) is 2.70. The van der Waals surface area contributed by atoms with Crippen molar-refractivity contribution in [3.63, 3.8) is 0 Å². The first-order valence-electron chi connectivity index (χ1n) is 7.29. The zero-order valence-electron chi connectivity index (χ0n) is 13.3. The first kappa shape index (κ1) is 17.4. The first-order valence-corrected chi connectivity index (χ1v) is 9.56. The summed E-state index contributed by atoms with van der Waals surface area (Å²) in [6.07, 6.45) is 1.15. The van der Waals surface area contributed by atoms with Gasteiger partial charge in [0.15, 0.2) is 0 Å². The molecule has 0 saturated carbocycles. The smallest absolute Gasteiger partial charge is 0.229 e. The lowest BCUT2D eigenvalue weighted by Gasteiger charge is -2.37. The molecule has 0 amide bonds. The molecule has 22 heavy (non-hydrogen) atoms. The van der Waals surface area contributed by atoms with Gasteiger partial charge in [-0.15, -0.1) is 0 Å². The molecule has 123 valence electrons. The Labute approximate surface area is 138 Å². The Morgan fingerprint density at radius 2 is 1.86 bits per heavy atom. The van der Waals surface area contributed by atoms with Crippen LogP contribution in [0.2, 0.25) is 5.02 Å². The van der Waals surface area contributed by atoms with Gasteiger partial charge in [0.2, 0.25) is 10.0 Å². The van der Waals surface area contributed by atoms with Crippen molar-refractivity contribution in [2.24, 2.45) is 0 Å². The Morgan fingerprint density at radius 1 is 1.23 bits per heavy atom. The first-order chi connectivity index (χ1) is 10.3. The van der Waals surface area contributed by atoms with E-state index in [1.807, 2.05) is 0 Å². The molecule has 1 radical (unpaired) electrons. The molecular weight excluding hydrogens is 322 g/mol. The average Bonchev–Trinajstić information content (AvgIpc) is 2.38. The zero-order valence-corrected chi connectivity index (χ0v) is 14.8. The molecule has 1 fully saturated rings. The van der Waals surface area contributed by atoms with Crippen LogP contribution in [0.15, 0.2) is 18.2 Å². The number of hydrogen-bond acceptors (Lipinski definition) is 4. The monoisotopic (exact) mass is 344 g/mol. The minimum Gasteiger partial charge on any atom is -0.366 e. The second kappa shape index (κ2) is 7.06. The van der Waals surface area contributed by atoms with Gasteiger partial charge in [-0.1, -0.05) is 31.5 Å². The van der Waals surface area contributed by atoms with Crippen LogP contribution < -0.4 is 9.62 Å². The van der Waals surface area contributed by atoms with Crippen LogP contribution in [0.3, 0.4) is 0 Å². The Morgan fingerprint density at radius 3 is 2.41 bits per heavy atom. The maximum absolute atomic E-state index is 11.5. The lowest BCUT2D eigenvalue weighted by Crippen LogP contribution is -2.47. The minimum absolute atomic E-state index is 0.543. The van der Waals surface area contributed by atoms with Crippen LogP contribution in [0.1, 0.15) is 13.8 Å². The number of anilines is 2. The Balaban J connectivity index is 2.16. The highest BCUT2D eigenvalue weighted by molar-refractivity contribution is 7.92. The largest absolute Gasteiger partial charge is 0.366 e. The Bertz CT molecular complexity index is 611. The number of halogens is 1. The van der Waals surface area contributed by atoms with Crippen molar-refractivity contribution in [3.05, 3.63) is 29.1 Å². The number of hydrogen-bond donors (Lipinski definition) is 1. The second-order valence-electron chi connectivity index (χ2n) is 5.98. The van der Waals surface area contributed by atoms with Gasteiger partial charge in [-0.25, -0.2) is 8.42 Å². The van der Waals surface area contributed by atoms with E-state index in [1.54, 1.807) is 18.2 Å². The molecule has 1 aromatic carbocycles. The molecule has 0 spiro atoms. The van der Waals surface area contributed by atoms with Crippen molar-refractivity contribution in [1.82, 2.24) is 4.90 Å². The van der Waals surface area contributed by atoms with Gasteiger partial charge in [0.1, 0.15) is 0 Å². The third-order valence-corrected chi connectivity index (χ3v) is 4.41. The molecular formula is C15H23ClN3O2S. The quantitative estimate of drug-likeness (QED) is 0.891. The highest BCUT2D eigenvalue weighted by Crippen LogP contribution is 2.35. The average molecular weight is 345 g/mol. The second-order valence-corrected chi connectivity index (χ2v) is 8.14. The van der Waals surface area contributed by atoms with E-state index in [2.05, 4.69) is 28.4 Å². The fraction of sp³-hybridized carbons (Fsp3) is 0.533. The summed E-state index contributed by atoms with van der Waals surface area (Å²) in [5.74, 6) is 1.39.